The highest BCUT2D eigenvalue weighted by Crippen LogP contribution is 2.33. The van der Waals surface area contributed by atoms with Gasteiger partial charge in [0.15, 0.2) is 0 Å². The number of nitrogens with zero attached hydrogens (tertiary/aromatic N) is 1. The van der Waals surface area contributed by atoms with Gasteiger partial charge in [-0.25, -0.2) is 0 Å². The monoisotopic (exact) mass is 340 g/mol. The molecule has 1 saturated carbocycles. The lowest BCUT2D eigenvalue weighted by atomic mass is 10.1. The van der Waals surface area contributed by atoms with E-state index in [1.165, 1.54) is 12.8 Å². The van der Waals surface area contributed by atoms with Crippen molar-refractivity contribution >= 4 is 40.7 Å². The number of hydrogen-bond donors (Lipinski definition) is 1. The molecule has 1 N–H and O–H groups in total. The Balaban J connectivity index is 1.70. The Bertz CT molecular complexity index is 600. The van der Waals surface area contributed by atoms with Crippen LogP contribution in [0.4, 0.5) is 5.69 Å². The van der Waals surface area contributed by atoms with Crippen LogP contribution in [0.2, 0.25) is 10.0 Å². The maximum atomic E-state index is 12.3. The molecule has 0 bridgehead atoms. The molecule has 6 heteroatoms. The molecule has 22 heavy (non-hydrogen) atoms. The van der Waals surface area contributed by atoms with Crippen LogP contribution in [0.1, 0.15) is 32.1 Å². The van der Waals surface area contributed by atoms with E-state index in [2.05, 4.69) is 5.32 Å². The predicted molar refractivity (Wildman–Crippen MR) is 87.3 cm³/mol. The van der Waals surface area contributed by atoms with Crippen LogP contribution in [0.3, 0.4) is 0 Å². The van der Waals surface area contributed by atoms with Crippen LogP contribution < -0.4 is 10.2 Å². The zero-order chi connectivity index (χ0) is 15.7. The lowest BCUT2D eigenvalue weighted by Crippen LogP contribution is -2.38. The standard InChI is InChI=1S/C16H18Cl2N2O2/c17-11-5-6-13(18)14(8-11)20-9-10(7-15(20)21)16(22)19-12-3-1-2-4-12/h5-6,8,10,12H,1-4,7,9H2,(H,19,22). The van der Waals surface area contributed by atoms with Gasteiger partial charge in [0.1, 0.15) is 0 Å². The van der Waals surface area contributed by atoms with E-state index in [9.17, 15) is 9.59 Å². The summed E-state index contributed by atoms with van der Waals surface area (Å²) < 4.78 is 0. The molecule has 1 unspecified atom stereocenters. The molecule has 118 valence electrons. The van der Waals surface area contributed by atoms with Crippen molar-refractivity contribution in [3.05, 3.63) is 28.2 Å². The lowest BCUT2D eigenvalue weighted by molar-refractivity contribution is -0.126. The smallest absolute Gasteiger partial charge is 0.227 e. The summed E-state index contributed by atoms with van der Waals surface area (Å²) in [6, 6.07) is 5.28. The second-order valence-corrected chi connectivity index (χ2v) is 6.83. The first-order valence-corrected chi connectivity index (χ1v) is 8.36. The molecule has 4 nitrogen and oxygen atoms in total. The molecule has 1 aromatic rings. The molecule has 2 amide bonds. The second kappa shape index (κ2) is 6.47. The summed E-state index contributed by atoms with van der Waals surface area (Å²) in [6.07, 6.45) is 4.63. The molecule has 0 radical (unpaired) electrons. The van der Waals surface area contributed by atoms with Crippen LogP contribution in [-0.4, -0.2) is 24.4 Å². The van der Waals surface area contributed by atoms with Gasteiger partial charge in [-0.15, -0.1) is 0 Å². The minimum atomic E-state index is -0.317. The number of halogens is 2. The zero-order valence-electron chi connectivity index (χ0n) is 12.1. The lowest BCUT2D eigenvalue weighted by Gasteiger charge is -2.19. The Hall–Kier alpha value is -1.26. The number of hydrogen-bond acceptors (Lipinski definition) is 2. The molecule has 2 aliphatic rings. The minimum absolute atomic E-state index is 0.0269. The average Bonchev–Trinajstić information content (AvgIpc) is 3.11. The van der Waals surface area contributed by atoms with Crippen molar-refractivity contribution in [2.75, 3.05) is 11.4 Å². The molecule has 1 saturated heterocycles. The molecule has 3 rings (SSSR count). The predicted octanol–water partition coefficient (Wildman–Crippen LogP) is 3.41. The van der Waals surface area contributed by atoms with Gasteiger partial charge < -0.3 is 10.2 Å². The van der Waals surface area contributed by atoms with Gasteiger partial charge in [-0.1, -0.05) is 36.0 Å². The largest absolute Gasteiger partial charge is 0.353 e. The summed E-state index contributed by atoms with van der Waals surface area (Å²) in [6.45, 7) is 0.359. The van der Waals surface area contributed by atoms with Crippen molar-refractivity contribution in [1.29, 1.82) is 0 Å². The minimum Gasteiger partial charge on any atom is -0.353 e. The van der Waals surface area contributed by atoms with Crippen LogP contribution in [0.25, 0.3) is 0 Å². The quantitative estimate of drug-likeness (QED) is 0.916. The topological polar surface area (TPSA) is 49.4 Å². The van der Waals surface area contributed by atoms with Gasteiger partial charge >= 0.3 is 0 Å². The Morgan fingerprint density at radius 1 is 1.23 bits per heavy atom. The summed E-state index contributed by atoms with van der Waals surface area (Å²) in [4.78, 5) is 26.1. The Morgan fingerprint density at radius 3 is 2.68 bits per heavy atom. The average molecular weight is 341 g/mol. The van der Waals surface area contributed by atoms with Gasteiger partial charge in [-0.2, -0.15) is 0 Å². The van der Waals surface area contributed by atoms with Crippen molar-refractivity contribution in [3.63, 3.8) is 0 Å². The number of nitrogens with one attached hydrogen (secondary N) is 1. The molecule has 0 aromatic heterocycles. The van der Waals surface area contributed by atoms with Gasteiger partial charge in [0.25, 0.3) is 0 Å². The summed E-state index contributed by atoms with van der Waals surface area (Å²) >= 11 is 12.1. The number of carbonyl (C=O) groups is 2. The maximum absolute atomic E-state index is 12.3. The summed E-state index contributed by atoms with van der Waals surface area (Å²) in [7, 11) is 0. The number of anilines is 1. The van der Waals surface area contributed by atoms with Gasteiger partial charge in [0.05, 0.1) is 16.6 Å². The van der Waals surface area contributed by atoms with E-state index >= 15 is 0 Å². The van der Waals surface area contributed by atoms with Gasteiger partial charge in [-0.05, 0) is 31.0 Å². The molecule has 0 spiro atoms. The first kappa shape index (κ1) is 15.6. The van der Waals surface area contributed by atoms with Crippen molar-refractivity contribution in [3.8, 4) is 0 Å². The van der Waals surface area contributed by atoms with Gasteiger partial charge in [0, 0.05) is 24.0 Å². The molecule has 1 atom stereocenters. The highest BCUT2D eigenvalue weighted by molar-refractivity contribution is 6.35. The molecule has 1 heterocycles. The molecular weight excluding hydrogens is 323 g/mol. The van der Waals surface area contributed by atoms with E-state index in [1.807, 2.05) is 0 Å². The summed E-state index contributed by atoms with van der Waals surface area (Å²) in [5.41, 5.74) is 0.579. The third-order valence-electron chi connectivity index (χ3n) is 4.40. The van der Waals surface area contributed by atoms with E-state index in [1.54, 1.807) is 23.1 Å². The van der Waals surface area contributed by atoms with Crippen molar-refractivity contribution in [1.82, 2.24) is 5.32 Å². The molecule has 1 aromatic carbocycles. The van der Waals surface area contributed by atoms with E-state index in [0.29, 0.717) is 22.3 Å². The second-order valence-electron chi connectivity index (χ2n) is 5.99. The Labute approximate surface area is 139 Å². The van der Waals surface area contributed by atoms with E-state index in [4.69, 9.17) is 23.2 Å². The fraction of sp³-hybridized carbons (Fsp3) is 0.500. The number of carbonyl (C=O) groups excluding carboxylic acids is 2. The van der Waals surface area contributed by atoms with Crippen LogP contribution in [0.5, 0.6) is 0 Å². The molecular formula is C16H18Cl2N2O2. The SMILES string of the molecule is O=C(NC1CCCC1)C1CC(=O)N(c2cc(Cl)ccc2Cl)C1. The Morgan fingerprint density at radius 2 is 1.95 bits per heavy atom. The fourth-order valence-corrected chi connectivity index (χ4v) is 3.58. The highest BCUT2D eigenvalue weighted by Gasteiger charge is 2.36. The highest BCUT2D eigenvalue weighted by atomic mass is 35.5. The van der Waals surface area contributed by atoms with Crippen LogP contribution in [0.15, 0.2) is 18.2 Å². The number of benzene rings is 1. The van der Waals surface area contributed by atoms with Crippen LogP contribution in [-0.2, 0) is 9.59 Å². The van der Waals surface area contributed by atoms with Crippen molar-refractivity contribution in [2.24, 2.45) is 5.92 Å². The number of rotatable bonds is 3. The first-order chi connectivity index (χ1) is 10.5. The summed E-state index contributed by atoms with van der Waals surface area (Å²) in [5.74, 6) is -0.431. The van der Waals surface area contributed by atoms with Crippen molar-refractivity contribution < 1.29 is 9.59 Å². The first-order valence-electron chi connectivity index (χ1n) is 7.60. The number of amides is 2. The molecule has 1 aliphatic heterocycles. The molecule has 2 fully saturated rings. The van der Waals surface area contributed by atoms with E-state index in [-0.39, 0.29) is 30.2 Å². The Kier molecular flexibility index (Phi) is 4.59. The van der Waals surface area contributed by atoms with Crippen LogP contribution >= 0.6 is 23.2 Å². The fourth-order valence-electron chi connectivity index (χ4n) is 3.20. The van der Waals surface area contributed by atoms with Crippen LogP contribution in [0, 0.1) is 5.92 Å². The third kappa shape index (κ3) is 3.23. The van der Waals surface area contributed by atoms with Gasteiger partial charge in [-0.3, -0.25) is 9.59 Å². The zero-order valence-corrected chi connectivity index (χ0v) is 13.7. The maximum Gasteiger partial charge on any atom is 0.227 e. The van der Waals surface area contributed by atoms with Crippen molar-refractivity contribution in [2.45, 2.75) is 38.1 Å². The molecule has 1 aliphatic carbocycles. The van der Waals surface area contributed by atoms with E-state index < -0.39 is 0 Å². The summed E-state index contributed by atoms with van der Waals surface area (Å²) in [5, 5.41) is 4.05. The van der Waals surface area contributed by atoms with E-state index in [0.717, 1.165) is 12.8 Å². The van der Waals surface area contributed by atoms with Gasteiger partial charge in [0.2, 0.25) is 11.8 Å². The third-order valence-corrected chi connectivity index (χ3v) is 4.95. The normalized spacial score (nSPS) is 22.4.